The van der Waals surface area contributed by atoms with Gasteiger partial charge in [-0.05, 0) is 0 Å². The first-order chi connectivity index (χ1) is 19.1. The topological polar surface area (TPSA) is 0 Å². The molecular weight excluding hydrogens is 627 g/mol. The van der Waals surface area contributed by atoms with Gasteiger partial charge in [0.1, 0.15) is 0 Å². The minimum Gasteiger partial charge on any atom is -1.00 e. The Hall–Kier alpha value is -1.06. The number of allylic oxidation sites excluding steroid dienone is 4. The summed E-state index contributed by atoms with van der Waals surface area (Å²) in [6.45, 7) is 9.21. The van der Waals surface area contributed by atoms with E-state index in [2.05, 4.69) is 127 Å². The molecule has 1 aliphatic rings. The van der Waals surface area contributed by atoms with Gasteiger partial charge >= 0.3 is 253 Å². The molecule has 5 heteroatoms. The van der Waals surface area contributed by atoms with E-state index < -0.39 is 8.07 Å². The van der Waals surface area contributed by atoms with E-state index in [0.717, 1.165) is 12.8 Å². The Morgan fingerprint density at radius 3 is 1.17 bits per heavy atom. The molecule has 3 aromatic rings. The zero-order valence-corrected chi connectivity index (χ0v) is 30.7. The molecule has 0 unspecified atom stereocenters. The summed E-state index contributed by atoms with van der Waals surface area (Å²) in [6.07, 6.45) is 15.7. The summed E-state index contributed by atoms with van der Waals surface area (Å²) in [4.78, 5) is 0. The van der Waals surface area contributed by atoms with E-state index in [1.54, 1.807) is 10.8 Å². The summed E-state index contributed by atoms with van der Waals surface area (Å²) in [6, 6.07) is 29.6. The predicted octanol–water partition coefficient (Wildman–Crippen LogP) is -0.723. The number of hydrogen-bond acceptors (Lipinski definition) is 0. The molecule has 0 saturated heterocycles. The summed E-state index contributed by atoms with van der Waals surface area (Å²) in [5.41, 5.74) is 6.01. The van der Waals surface area contributed by atoms with Crippen LogP contribution in [0.4, 0.5) is 0 Å². The molecule has 0 heterocycles. The smallest absolute Gasteiger partial charge is 1.00 e. The van der Waals surface area contributed by atoms with Crippen LogP contribution in [0.2, 0.25) is 0 Å². The van der Waals surface area contributed by atoms with Crippen molar-refractivity contribution in [1.82, 2.24) is 0 Å². The van der Waals surface area contributed by atoms with Crippen molar-refractivity contribution in [2.45, 2.75) is 98.3 Å². The summed E-state index contributed by atoms with van der Waals surface area (Å²) < 4.78 is 1.49. The van der Waals surface area contributed by atoms with Gasteiger partial charge in [0.25, 0.3) is 0 Å². The fourth-order valence-corrected chi connectivity index (χ4v) is 12.4. The predicted molar refractivity (Wildman–Crippen MR) is 170 cm³/mol. The van der Waals surface area contributed by atoms with Gasteiger partial charge in [0, 0.05) is 0 Å². The molecular formula is C37H47Cl3SiTi. The van der Waals surface area contributed by atoms with E-state index in [4.69, 9.17) is 0 Å². The first kappa shape index (κ1) is 39.0. The van der Waals surface area contributed by atoms with Crippen molar-refractivity contribution < 1.29 is 57.7 Å². The number of rotatable bonds is 14. The van der Waals surface area contributed by atoms with Crippen molar-refractivity contribution >= 4 is 23.6 Å². The Kier molecular flexibility index (Phi) is 18.0. The third kappa shape index (κ3) is 8.77. The van der Waals surface area contributed by atoms with Crippen LogP contribution in [-0.2, 0) is 39.7 Å². The SMILES string of the molecule is CCCCc1ccc([Si](C2=C(CC)[C]([Ti+3])=CC2)(c2ccc(CCCC)cc2)c2ccc(CCCC)cc2)cc1.[Cl-].[Cl-].[Cl-]. The Balaban J connectivity index is 0.00000294. The van der Waals surface area contributed by atoms with Crippen molar-refractivity contribution in [1.29, 1.82) is 0 Å². The third-order valence-electron chi connectivity index (χ3n) is 8.62. The summed E-state index contributed by atoms with van der Waals surface area (Å²) in [5.74, 6) is 0. The molecule has 0 atom stereocenters. The maximum Gasteiger partial charge on any atom is -1.00 e. The molecule has 0 amide bonds. The van der Waals surface area contributed by atoms with Gasteiger partial charge in [-0.3, -0.25) is 0 Å². The molecule has 0 fully saturated rings. The van der Waals surface area contributed by atoms with Crippen LogP contribution in [0.1, 0.15) is 95.8 Å². The minimum absolute atomic E-state index is 0. The van der Waals surface area contributed by atoms with Gasteiger partial charge in [-0.1, -0.05) is 0 Å². The molecule has 0 radical (unpaired) electrons. The van der Waals surface area contributed by atoms with Crippen molar-refractivity contribution in [3.05, 3.63) is 110 Å². The monoisotopic (exact) mass is 672 g/mol. The quantitative estimate of drug-likeness (QED) is 0.157. The number of unbranched alkanes of at least 4 members (excludes halogenated alkanes) is 3. The third-order valence-corrected chi connectivity index (χ3v) is 14.4. The van der Waals surface area contributed by atoms with Crippen molar-refractivity contribution in [2.24, 2.45) is 0 Å². The molecule has 42 heavy (non-hydrogen) atoms. The van der Waals surface area contributed by atoms with E-state index in [-0.39, 0.29) is 37.2 Å². The standard InChI is InChI=1S/C37H47Si.3ClH.Ti/c1-5-9-13-30-18-24-34(25-19-30)38(37-17-12-16-33(37)8-4,35-26-20-31(21-27-35)14-10-6-2)36-28-22-32(23-29-36)15-11-7-3;;;;/h12,18-29H,5-11,13-15,17H2,1-4H3;3*1H;/q;;;;+3/p-3. The normalized spacial score (nSPS) is 12.8. The second-order valence-corrected chi connectivity index (χ2v) is 16.0. The molecule has 4 rings (SSSR count). The fourth-order valence-electron chi connectivity index (χ4n) is 6.33. The van der Waals surface area contributed by atoms with Crippen LogP contribution >= 0.6 is 0 Å². The average molecular weight is 674 g/mol. The first-order valence-electron chi connectivity index (χ1n) is 15.5. The van der Waals surface area contributed by atoms with Crippen LogP contribution in [0.5, 0.6) is 0 Å². The minimum atomic E-state index is -2.45. The Morgan fingerprint density at radius 1 is 0.548 bits per heavy atom. The largest absolute Gasteiger partial charge is 1.00 e. The Bertz CT molecular complexity index is 1140. The van der Waals surface area contributed by atoms with Gasteiger partial charge < -0.3 is 37.2 Å². The molecule has 0 saturated carbocycles. The molecule has 0 N–H and O–H groups in total. The molecule has 0 bridgehead atoms. The van der Waals surface area contributed by atoms with Crippen molar-refractivity contribution in [3.63, 3.8) is 0 Å². The summed E-state index contributed by atoms with van der Waals surface area (Å²) in [5, 5.41) is 6.31. The van der Waals surface area contributed by atoms with Crippen molar-refractivity contribution in [3.8, 4) is 0 Å². The van der Waals surface area contributed by atoms with E-state index in [0.29, 0.717) is 0 Å². The van der Waals surface area contributed by atoms with Crippen LogP contribution in [0, 0.1) is 0 Å². The van der Waals surface area contributed by atoms with E-state index in [9.17, 15) is 0 Å². The molecule has 0 aliphatic heterocycles. The molecule has 0 spiro atoms. The number of hydrogen-bond donors (Lipinski definition) is 0. The Morgan fingerprint density at radius 2 is 0.881 bits per heavy atom. The molecule has 3 aromatic carbocycles. The van der Waals surface area contributed by atoms with Gasteiger partial charge in [0.15, 0.2) is 0 Å². The van der Waals surface area contributed by atoms with Crippen LogP contribution in [0.3, 0.4) is 0 Å². The van der Waals surface area contributed by atoms with E-state index in [1.807, 2.05) is 0 Å². The first-order valence-corrected chi connectivity index (χ1v) is 18.3. The van der Waals surface area contributed by atoms with Crippen LogP contribution in [0.15, 0.2) is 93.5 Å². The van der Waals surface area contributed by atoms with Gasteiger partial charge in [0.05, 0.1) is 0 Å². The maximum absolute atomic E-state index is 2.50. The van der Waals surface area contributed by atoms with Gasteiger partial charge in [-0.2, -0.15) is 0 Å². The van der Waals surface area contributed by atoms with Crippen molar-refractivity contribution in [2.75, 3.05) is 0 Å². The zero-order chi connectivity index (χ0) is 27.7. The number of halogens is 3. The van der Waals surface area contributed by atoms with Gasteiger partial charge in [-0.15, -0.1) is 0 Å². The van der Waals surface area contributed by atoms with E-state index in [1.165, 1.54) is 93.9 Å². The molecule has 1 aliphatic carbocycles. The van der Waals surface area contributed by atoms with Gasteiger partial charge in [0.2, 0.25) is 0 Å². The molecule has 224 valence electrons. The molecule has 0 nitrogen and oxygen atoms in total. The van der Waals surface area contributed by atoms with Gasteiger partial charge in [-0.25, -0.2) is 0 Å². The Labute approximate surface area is 287 Å². The summed E-state index contributed by atoms with van der Waals surface area (Å²) in [7, 11) is -2.45. The zero-order valence-electron chi connectivity index (χ0n) is 25.9. The average Bonchev–Trinajstić information content (AvgIpc) is 3.36. The summed E-state index contributed by atoms with van der Waals surface area (Å²) >= 11 is 2.33. The number of aryl methyl sites for hydroxylation is 3. The van der Waals surface area contributed by atoms with E-state index >= 15 is 0 Å². The van der Waals surface area contributed by atoms with Crippen LogP contribution in [0.25, 0.3) is 0 Å². The second-order valence-electron chi connectivity index (χ2n) is 11.3. The van der Waals surface area contributed by atoms with Crippen LogP contribution in [-0.4, -0.2) is 8.07 Å². The van der Waals surface area contributed by atoms with Crippen LogP contribution < -0.4 is 52.8 Å². The second kappa shape index (κ2) is 19.4. The maximum atomic E-state index is 2.50. The molecule has 0 aromatic heterocycles. The number of benzene rings is 3. The fraction of sp³-hybridized carbons (Fsp3) is 0.405.